The number of carbonyl (C=O) groups excluding carboxylic acids is 6. The van der Waals surface area contributed by atoms with Crippen molar-refractivity contribution in [1.82, 2.24) is 20.4 Å². The van der Waals surface area contributed by atoms with Gasteiger partial charge in [0, 0.05) is 37.5 Å². The summed E-state index contributed by atoms with van der Waals surface area (Å²) in [4.78, 5) is 72.6. The zero-order chi connectivity index (χ0) is 25.7. The van der Waals surface area contributed by atoms with E-state index in [0.29, 0.717) is 0 Å². The number of carbonyl (C=O) groups is 6. The number of nitrogens with zero attached hydrogens (tertiary/aromatic N) is 2. The fourth-order valence-corrected chi connectivity index (χ4v) is 3.96. The number of halogens is 1. The van der Waals surface area contributed by atoms with Crippen LogP contribution in [0, 0.1) is 0 Å². The molecule has 2 fully saturated rings. The molecule has 35 heavy (non-hydrogen) atoms. The lowest BCUT2D eigenvalue weighted by Gasteiger charge is -2.37. The Labute approximate surface area is 205 Å². The normalized spacial score (nSPS) is 21.3. The van der Waals surface area contributed by atoms with Crippen molar-refractivity contribution < 1.29 is 38.2 Å². The molecule has 2 aliphatic carbocycles. The average molecular weight is 509 g/mol. The molecule has 2 atom stereocenters. The second kappa shape index (κ2) is 11.4. The van der Waals surface area contributed by atoms with Crippen LogP contribution in [0.3, 0.4) is 0 Å². The minimum Gasteiger partial charge on any atom is -0.464 e. The number of benzene rings is 1. The van der Waals surface area contributed by atoms with Gasteiger partial charge in [-0.2, -0.15) is 0 Å². The van der Waals surface area contributed by atoms with E-state index in [9.17, 15) is 28.8 Å². The van der Waals surface area contributed by atoms with Gasteiger partial charge in [0.15, 0.2) is 0 Å². The molecule has 4 amide bonds. The predicted octanol–water partition coefficient (Wildman–Crippen LogP) is -0.913. The zero-order valence-corrected chi connectivity index (χ0v) is 19.9. The highest BCUT2D eigenvalue weighted by Gasteiger charge is 2.38. The summed E-state index contributed by atoms with van der Waals surface area (Å²) in [6.45, 7) is 2.00. The van der Waals surface area contributed by atoms with Crippen molar-refractivity contribution in [2.75, 3.05) is 39.4 Å². The summed E-state index contributed by atoms with van der Waals surface area (Å²) in [5.74, 6) is -3.34. The van der Waals surface area contributed by atoms with Crippen LogP contribution in [0.2, 0.25) is 5.02 Å². The lowest BCUT2D eigenvalue weighted by Crippen LogP contribution is -2.63. The molecule has 2 unspecified atom stereocenters. The minimum atomic E-state index is -0.872. The van der Waals surface area contributed by atoms with Crippen LogP contribution in [0.15, 0.2) is 18.2 Å². The van der Waals surface area contributed by atoms with Gasteiger partial charge in [-0.05, 0) is 11.6 Å². The lowest BCUT2D eigenvalue weighted by molar-refractivity contribution is -0.152. The van der Waals surface area contributed by atoms with E-state index < -0.39 is 47.7 Å². The van der Waals surface area contributed by atoms with Crippen molar-refractivity contribution in [3.05, 3.63) is 23.2 Å². The number of rotatable bonds is 7. The molecule has 12 nitrogen and oxygen atoms in total. The Bertz CT molecular complexity index is 1000. The molecule has 0 radical (unpaired) electrons. The van der Waals surface area contributed by atoms with Crippen molar-refractivity contribution in [2.24, 2.45) is 0 Å². The van der Waals surface area contributed by atoms with Crippen molar-refractivity contribution in [1.29, 1.82) is 0 Å². The average Bonchev–Trinajstić information content (AvgIpc) is 2.74. The van der Waals surface area contributed by atoms with Gasteiger partial charge in [-0.15, -0.1) is 0 Å². The lowest BCUT2D eigenvalue weighted by atomic mass is 9.94. The second-order valence-electron chi connectivity index (χ2n) is 8.10. The van der Waals surface area contributed by atoms with Gasteiger partial charge in [-0.3, -0.25) is 49.2 Å². The van der Waals surface area contributed by atoms with E-state index in [1.54, 1.807) is 0 Å². The van der Waals surface area contributed by atoms with Gasteiger partial charge >= 0.3 is 11.9 Å². The van der Waals surface area contributed by atoms with E-state index in [4.69, 9.17) is 21.1 Å². The van der Waals surface area contributed by atoms with Crippen LogP contribution in [-0.2, 0) is 38.2 Å². The van der Waals surface area contributed by atoms with Crippen LogP contribution >= 0.6 is 11.6 Å². The van der Waals surface area contributed by atoms with E-state index in [1.165, 1.54) is 34.8 Å². The fraction of sp³-hybridized carbons (Fsp3) is 0.455. The van der Waals surface area contributed by atoms with Gasteiger partial charge in [-0.25, -0.2) is 0 Å². The third kappa shape index (κ3) is 6.84. The topological polar surface area (TPSA) is 151 Å². The Morgan fingerprint density at radius 2 is 1.34 bits per heavy atom. The Kier molecular flexibility index (Phi) is 8.54. The van der Waals surface area contributed by atoms with E-state index in [-0.39, 0.29) is 39.4 Å². The fourth-order valence-electron chi connectivity index (χ4n) is 3.67. The highest BCUT2D eigenvalue weighted by molar-refractivity contribution is 6.35. The van der Waals surface area contributed by atoms with E-state index in [0.717, 1.165) is 5.02 Å². The van der Waals surface area contributed by atoms with Gasteiger partial charge < -0.3 is 9.47 Å². The summed E-state index contributed by atoms with van der Waals surface area (Å²) in [6.07, 6.45) is 0. The summed E-state index contributed by atoms with van der Waals surface area (Å²) in [5, 5.41) is 5.27. The maximum atomic E-state index is 12.1. The molecule has 2 saturated heterocycles. The highest BCUT2D eigenvalue weighted by atomic mass is 35.5. The summed E-state index contributed by atoms with van der Waals surface area (Å²) >= 11 is 5.60. The first-order chi connectivity index (χ1) is 16.5. The third-order valence-electron chi connectivity index (χ3n) is 5.55. The molecule has 0 aromatic rings. The Hall–Kier alpha value is -3.35. The third-order valence-corrected chi connectivity index (χ3v) is 5.86. The van der Waals surface area contributed by atoms with Crippen molar-refractivity contribution in [3.8, 4) is 11.1 Å². The summed E-state index contributed by atoms with van der Waals surface area (Å²) in [7, 11) is 0. The molecule has 0 saturated carbocycles. The molecular formula is C22H25ClN4O8. The predicted molar refractivity (Wildman–Crippen MR) is 121 cm³/mol. The Morgan fingerprint density at radius 3 is 1.60 bits per heavy atom. The SMILES string of the molecule is CC(=O)OCC1C(=O)NC(=O)CN1CCN1CC(=O)NC(=O)C1COC(C)=O.Clc1cc2ccc1-2. The number of hydrogen-bond acceptors (Lipinski definition) is 10. The van der Waals surface area contributed by atoms with Gasteiger partial charge in [0.25, 0.3) is 0 Å². The van der Waals surface area contributed by atoms with Crippen molar-refractivity contribution in [2.45, 2.75) is 25.9 Å². The number of nitrogens with one attached hydrogen (secondary N) is 2. The van der Waals surface area contributed by atoms with Crippen LogP contribution in [0.4, 0.5) is 0 Å². The molecule has 0 aromatic carbocycles. The van der Waals surface area contributed by atoms with E-state index >= 15 is 0 Å². The summed E-state index contributed by atoms with van der Waals surface area (Å²) in [5.41, 5.74) is 2.55. The quantitative estimate of drug-likeness (QED) is 0.355. The molecule has 4 aliphatic rings. The second-order valence-corrected chi connectivity index (χ2v) is 8.50. The highest BCUT2D eigenvalue weighted by Crippen LogP contribution is 2.39. The van der Waals surface area contributed by atoms with Gasteiger partial charge in [-0.1, -0.05) is 23.7 Å². The first kappa shape index (κ1) is 26.3. The zero-order valence-electron chi connectivity index (χ0n) is 19.2. The van der Waals surface area contributed by atoms with E-state index in [1.807, 2.05) is 12.1 Å². The molecular weight excluding hydrogens is 484 g/mol. The van der Waals surface area contributed by atoms with Crippen LogP contribution in [-0.4, -0.2) is 96.8 Å². The van der Waals surface area contributed by atoms with Crippen molar-refractivity contribution >= 4 is 47.2 Å². The number of fused-ring (bicyclic) bond motifs is 1. The molecule has 13 heteroatoms. The molecule has 0 aromatic heterocycles. The molecule has 0 bridgehead atoms. The summed E-state index contributed by atoms with van der Waals surface area (Å²) in [6, 6.07) is 4.31. The first-order valence-electron chi connectivity index (χ1n) is 10.8. The van der Waals surface area contributed by atoms with E-state index in [2.05, 4.69) is 16.7 Å². The maximum Gasteiger partial charge on any atom is 0.302 e. The number of esters is 2. The number of imide groups is 2. The molecule has 188 valence electrons. The largest absolute Gasteiger partial charge is 0.464 e. The molecule has 0 spiro atoms. The number of ether oxygens (including phenoxy) is 2. The van der Waals surface area contributed by atoms with Gasteiger partial charge in [0.2, 0.25) is 23.6 Å². The molecule has 4 rings (SSSR count). The van der Waals surface area contributed by atoms with Crippen LogP contribution in [0.5, 0.6) is 0 Å². The Morgan fingerprint density at radius 1 is 0.886 bits per heavy atom. The Balaban J connectivity index is 0.000000410. The number of amides is 4. The van der Waals surface area contributed by atoms with Gasteiger partial charge in [0.05, 0.1) is 13.1 Å². The molecule has 2 N–H and O–H groups in total. The smallest absolute Gasteiger partial charge is 0.302 e. The number of hydrogen-bond donors (Lipinski definition) is 2. The van der Waals surface area contributed by atoms with Crippen LogP contribution in [0.1, 0.15) is 13.8 Å². The first-order valence-corrected chi connectivity index (χ1v) is 11.1. The molecule has 2 heterocycles. The van der Waals surface area contributed by atoms with Crippen molar-refractivity contribution in [3.63, 3.8) is 0 Å². The standard InChI is InChI=1S/C16H22N4O8.C6H3Cl/c1-9(21)27-7-11-15(25)17-13(23)5-19(11)3-4-20-6-14(24)18-16(26)12(20)8-28-10(2)22;7-6-3-4-1-2-5(4)6/h11-12H,3-8H2,1-2H3,(H,17,23,25)(H,18,24,26);1-3H. The maximum absolute atomic E-state index is 12.1. The monoisotopic (exact) mass is 508 g/mol. The van der Waals surface area contributed by atoms with Crippen LogP contribution < -0.4 is 10.6 Å². The van der Waals surface area contributed by atoms with Crippen LogP contribution in [0.25, 0.3) is 11.1 Å². The minimum absolute atomic E-state index is 0.111. The number of piperazine rings is 2. The summed E-state index contributed by atoms with van der Waals surface area (Å²) < 4.78 is 9.77. The van der Waals surface area contributed by atoms with Gasteiger partial charge in [0.1, 0.15) is 25.3 Å². The molecule has 2 aliphatic heterocycles.